The van der Waals surface area contributed by atoms with Gasteiger partial charge in [0.2, 0.25) is 5.82 Å². The largest absolute Gasteiger partial charge is 0.381 e. The van der Waals surface area contributed by atoms with Crippen LogP contribution in [0.1, 0.15) is 54.0 Å². The predicted molar refractivity (Wildman–Crippen MR) is 104 cm³/mol. The lowest BCUT2D eigenvalue weighted by molar-refractivity contribution is 0.0440. The standard InChI is InChI=1S/C20H31N5O2/c1-13-14(2)22-18(23-19(13)24-8-5-16(21)12-24)20(26)25(17-3-4-17)11-15-6-9-27-10-7-15/h15-17H,3-12,21H2,1-2H3/t16-/m1/s1. The summed E-state index contributed by atoms with van der Waals surface area (Å²) in [5.74, 6) is 1.72. The van der Waals surface area contributed by atoms with E-state index in [0.717, 1.165) is 82.0 Å². The van der Waals surface area contributed by atoms with Gasteiger partial charge in [-0.3, -0.25) is 4.79 Å². The van der Waals surface area contributed by atoms with E-state index >= 15 is 0 Å². The molecule has 3 aliphatic rings. The molecule has 1 saturated carbocycles. The van der Waals surface area contributed by atoms with E-state index in [1.54, 1.807) is 0 Å². The fourth-order valence-electron chi connectivity index (χ4n) is 4.12. The summed E-state index contributed by atoms with van der Waals surface area (Å²) in [4.78, 5) is 26.8. The Balaban J connectivity index is 1.56. The van der Waals surface area contributed by atoms with Crippen molar-refractivity contribution < 1.29 is 9.53 Å². The predicted octanol–water partition coefficient (Wildman–Crippen LogP) is 1.66. The molecule has 3 heterocycles. The normalized spacial score (nSPS) is 23.7. The highest BCUT2D eigenvalue weighted by Crippen LogP contribution is 2.31. The Morgan fingerprint density at radius 2 is 1.93 bits per heavy atom. The fourth-order valence-corrected chi connectivity index (χ4v) is 4.12. The van der Waals surface area contributed by atoms with Gasteiger partial charge in [-0.25, -0.2) is 9.97 Å². The third kappa shape index (κ3) is 4.09. The van der Waals surface area contributed by atoms with Crippen LogP contribution in [0, 0.1) is 19.8 Å². The first kappa shape index (κ1) is 18.6. The molecule has 0 unspecified atom stereocenters. The zero-order valence-corrected chi connectivity index (χ0v) is 16.5. The van der Waals surface area contributed by atoms with E-state index in [9.17, 15) is 4.79 Å². The molecule has 1 aromatic rings. The van der Waals surface area contributed by atoms with Crippen molar-refractivity contribution in [1.29, 1.82) is 0 Å². The van der Waals surface area contributed by atoms with E-state index in [-0.39, 0.29) is 11.9 Å². The number of aryl methyl sites for hydroxylation is 1. The summed E-state index contributed by atoms with van der Waals surface area (Å²) in [5, 5.41) is 0. The highest BCUT2D eigenvalue weighted by atomic mass is 16.5. The number of nitrogens with zero attached hydrogens (tertiary/aromatic N) is 4. The highest BCUT2D eigenvalue weighted by Gasteiger charge is 2.36. The van der Waals surface area contributed by atoms with Crippen LogP contribution in [0.3, 0.4) is 0 Å². The van der Waals surface area contributed by atoms with Crippen molar-refractivity contribution in [3.8, 4) is 0 Å². The molecule has 0 bridgehead atoms. The van der Waals surface area contributed by atoms with E-state index in [4.69, 9.17) is 15.5 Å². The monoisotopic (exact) mass is 373 g/mol. The second-order valence-electron chi connectivity index (χ2n) is 8.32. The molecule has 2 aliphatic heterocycles. The molecule has 0 aromatic carbocycles. The zero-order chi connectivity index (χ0) is 19.0. The number of amides is 1. The van der Waals surface area contributed by atoms with Gasteiger partial charge in [-0.05, 0) is 51.9 Å². The summed E-state index contributed by atoms with van der Waals surface area (Å²) in [5.41, 5.74) is 8.00. The first-order chi connectivity index (χ1) is 13.0. The van der Waals surface area contributed by atoms with E-state index in [2.05, 4.69) is 9.88 Å². The summed E-state index contributed by atoms with van der Waals surface area (Å²) < 4.78 is 5.47. The molecule has 0 spiro atoms. The van der Waals surface area contributed by atoms with E-state index < -0.39 is 0 Å². The molecule has 7 nitrogen and oxygen atoms in total. The number of rotatable bonds is 5. The van der Waals surface area contributed by atoms with Gasteiger partial charge in [0.05, 0.1) is 0 Å². The van der Waals surface area contributed by atoms with Crippen molar-refractivity contribution in [3.63, 3.8) is 0 Å². The Morgan fingerprint density at radius 1 is 1.19 bits per heavy atom. The topological polar surface area (TPSA) is 84.6 Å². The van der Waals surface area contributed by atoms with Crippen LogP contribution in [-0.4, -0.2) is 65.7 Å². The molecule has 148 valence electrons. The lowest BCUT2D eigenvalue weighted by Gasteiger charge is -2.30. The van der Waals surface area contributed by atoms with Gasteiger partial charge in [0.15, 0.2) is 0 Å². The minimum Gasteiger partial charge on any atom is -0.381 e. The molecule has 2 N–H and O–H groups in total. The Hall–Kier alpha value is -1.73. The number of hydrogen-bond acceptors (Lipinski definition) is 6. The van der Waals surface area contributed by atoms with Crippen molar-refractivity contribution in [2.75, 3.05) is 37.7 Å². The molecule has 27 heavy (non-hydrogen) atoms. The molecule has 4 rings (SSSR count). The molecule has 2 saturated heterocycles. The number of carbonyl (C=O) groups excluding carboxylic acids is 1. The average molecular weight is 374 g/mol. The van der Waals surface area contributed by atoms with Crippen LogP contribution in [0.5, 0.6) is 0 Å². The van der Waals surface area contributed by atoms with Gasteiger partial charge < -0.3 is 20.3 Å². The lowest BCUT2D eigenvalue weighted by atomic mass is 9.99. The van der Waals surface area contributed by atoms with Gasteiger partial charge >= 0.3 is 0 Å². The molecule has 0 radical (unpaired) electrons. The van der Waals surface area contributed by atoms with Crippen molar-refractivity contribution in [1.82, 2.24) is 14.9 Å². The van der Waals surface area contributed by atoms with Crippen LogP contribution >= 0.6 is 0 Å². The van der Waals surface area contributed by atoms with Crippen molar-refractivity contribution in [3.05, 3.63) is 17.1 Å². The summed E-state index contributed by atoms with van der Waals surface area (Å²) in [6, 6.07) is 0.532. The van der Waals surface area contributed by atoms with E-state index in [1.807, 2.05) is 18.7 Å². The second kappa shape index (κ2) is 7.72. The molecular formula is C20H31N5O2. The van der Waals surface area contributed by atoms with Gasteiger partial charge in [0.1, 0.15) is 5.82 Å². The molecule has 1 atom stereocenters. The summed E-state index contributed by atoms with van der Waals surface area (Å²) in [6.07, 6.45) is 5.20. The van der Waals surface area contributed by atoms with Crippen LogP contribution in [-0.2, 0) is 4.74 Å². The Bertz CT molecular complexity index is 700. The fraction of sp³-hybridized carbons (Fsp3) is 0.750. The van der Waals surface area contributed by atoms with Crippen molar-refractivity contribution in [2.24, 2.45) is 11.7 Å². The molecule has 1 aliphatic carbocycles. The number of carbonyl (C=O) groups is 1. The molecule has 7 heteroatoms. The smallest absolute Gasteiger partial charge is 0.291 e. The molecular weight excluding hydrogens is 342 g/mol. The maximum atomic E-state index is 13.3. The quantitative estimate of drug-likeness (QED) is 0.845. The number of hydrogen-bond donors (Lipinski definition) is 1. The van der Waals surface area contributed by atoms with Gasteiger partial charge in [-0.15, -0.1) is 0 Å². The summed E-state index contributed by atoms with van der Waals surface area (Å²) in [7, 11) is 0. The minimum absolute atomic E-state index is 0.0168. The number of nitrogens with two attached hydrogens (primary N) is 1. The SMILES string of the molecule is Cc1nc(C(=O)N(CC2CCOCC2)C2CC2)nc(N2CC[C@@H](N)C2)c1C. The maximum Gasteiger partial charge on any atom is 0.291 e. The zero-order valence-electron chi connectivity index (χ0n) is 16.5. The van der Waals surface area contributed by atoms with Gasteiger partial charge in [0, 0.05) is 56.2 Å². The van der Waals surface area contributed by atoms with E-state index in [0.29, 0.717) is 17.8 Å². The van der Waals surface area contributed by atoms with E-state index in [1.165, 1.54) is 0 Å². The Morgan fingerprint density at radius 3 is 2.56 bits per heavy atom. The first-order valence-electron chi connectivity index (χ1n) is 10.3. The number of anilines is 1. The van der Waals surface area contributed by atoms with Crippen molar-refractivity contribution >= 4 is 11.7 Å². The van der Waals surface area contributed by atoms with Crippen molar-refractivity contribution in [2.45, 2.75) is 58.0 Å². The molecule has 3 fully saturated rings. The van der Waals surface area contributed by atoms with Gasteiger partial charge in [0.25, 0.3) is 5.91 Å². The summed E-state index contributed by atoms with van der Waals surface area (Å²) >= 11 is 0. The van der Waals surface area contributed by atoms with Crippen LogP contribution in [0.15, 0.2) is 0 Å². The number of ether oxygens (including phenoxy) is 1. The molecule has 1 aromatic heterocycles. The number of aromatic nitrogens is 2. The summed E-state index contributed by atoms with van der Waals surface area (Å²) in [6.45, 7) is 8.08. The van der Waals surface area contributed by atoms with Crippen LogP contribution in [0.2, 0.25) is 0 Å². The Kier molecular flexibility index (Phi) is 5.32. The second-order valence-corrected chi connectivity index (χ2v) is 8.32. The third-order valence-electron chi connectivity index (χ3n) is 6.12. The lowest BCUT2D eigenvalue weighted by Crippen LogP contribution is -2.40. The minimum atomic E-state index is -0.0168. The van der Waals surface area contributed by atoms with Crippen LogP contribution in [0.25, 0.3) is 0 Å². The maximum absolute atomic E-state index is 13.3. The van der Waals surface area contributed by atoms with Crippen LogP contribution in [0.4, 0.5) is 5.82 Å². The Labute approximate surface area is 161 Å². The van der Waals surface area contributed by atoms with Gasteiger partial charge in [-0.1, -0.05) is 0 Å². The first-order valence-corrected chi connectivity index (χ1v) is 10.3. The van der Waals surface area contributed by atoms with Gasteiger partial charge in [-0.2, -0.15) is 0 Å². The van der Waals surface area contributed by atoms with Crippen LogP contribution < -0.4 is 10.6 Å². The molecule has 1 amide bonds. The highest BCUT2D eigenvalue weighted by molar-refractivity contribution is 5.91. The average Bonchev–Trinajstić information content (AvgIpc) is 3.42. The third-order valence-corrected chi connectivity index (χ3v) is 6.12.